The molecule has 0 unspecified atom stereocenters. The Hall–Kier alpha value is -1.02. The van der Waals surface area contributed by atoms with E-state index in [4.69, 9.17) is 20.3 Å². The van der Waals surface area contributed by atoms with E-state index in [2.05, 4.69) is 10.3 Å². The van der Waals surface area contributed by atoms with E-state index in [0.29, 0.717) is 32.9 Å². The van der Waals surface area contributed by atoms with Crippen molar-refractivity contribution in [2.75, 3.05) is 33.5 Å². The van der Waals surface area contributed by atoms with E-state index in [1.54, 1.807) is 11.8 Å². The molecule has 1 aromatic rings. The maximum atomic E-state index is 8.58. The van der Waals surface area contributed by atoms with E-state index < -0.39 is 0 Å². The van der Waals surface area contributed by atoms with Crippen LogP contribution in [-0.2, 0) is 29.0 Å². The Bertz CT molecular complexity index is 316. The van der Waals surface area contributed by atoms with Crippen LogP contribution in [0.2, 0.25) is 0 Å². The summed E-state index contributed by atoms with van der Waals surface area (Å²) in [6.07, 6.45) is 0.732. The number of rotatable bonds is 9. The van der Waals surface area contributed by atoms with E-state index in [0.717, 1.165) is 17.8 Å². The minimum Gasteiger partial charge on any atom is -0.394 e. The maximum absolute atomic E-state index is 8.58. The Morgan fingerprint density at radius 1 is 1.35 bits per heavy atom. The van der Waals surface area contributed by atoms with Crippen molar-refractivity contribution in [3.05, 3.63) is 11.4 Å². The number of nitrogens with zero attached hydrogens (tertiary/aromatic N) is 3. The van der Waals surface area contributed by atoms with Crippen LogP contribution in [-0.4, -0.2) is 53.6 Å². The summed E-state index contributed by atoms with van der Waals surface area (Å²) in [5.74, 6) is 0. The van der Waals surface area contributed by atoms with Gasteiger partial charge in [-0.25, -0.2) is 4.68 Å². The molecule has 0 radical (unpaired) electrons. The van der Waals surface area contributed by atoms with E-state index in [-0.39, 0.29) is 6.61 Å². The molecule has 0 aliphatic rings. The molecule has 0 atom stereocenters. The minimum absolute atomic E-state index is 0.0297. The van der Waals surface area contributed by atoms with Gasteiger partial charge in [-0.1, -0.05) is 5.21 Å². The first-order valence-corrected chi connectivity index (χ1v) is 5.62. The maximum Gasteiger partial charge on any atom is 0.0995 e. The molecule has 0 spiro atoms. The van der Waals surface area contributed by atoms with Crippen molar-refractivity contribution >= 4 is 0 Å². The van der Waals surface area contributed by atoms with Crippen molar-refractivity contribution in [3.63, 3.8) is 0 Å². The highest BCUT2D eigenvalue weighted by Crippen LogP contribution is 2.06. The monoisotopic (exact) mass is 244 g/mol. The Morgan fingerprint density at radius 2 is 2.18 bits per heavy atom. The van der Waals surface area contributed by atoms with Crippen molar-refractivity contribution in [3.8, 4) is 0 Å². The third-order valence-corrected chi connectivity index (χ3v) is 2.34. The fourth-order valence-corrected chi connectivity index (χ4v) is 1.50. The topological polar surface area (TPSA) is 95.4 Å². The predicted molar refractivity (Wildman–Crippen MR) is 61.4 cm³/mol. The molecule has 1 rings (SSSR count). The summed E-state index contributed by atoms with van der Waals surface area (Å²) < 4.78 is 12.0. The van der Waals surface area contributed by atoms with Crippen molar-refractivity contribution in [1.82, 2.24) is 15.0 Å². The third-order valence-electron chi connectivity index (χ3n) is 2.34. The van der Waals surface area contributed by atoms with Gasteiger partial charge in [0.15, 0.2) is 0 Å². The standard InChI is InChI=1S/C10H20N4O3/c1-16-5-2-10-9(8-11)12-13-14(10)3-6-17-7-4-15/h15H,2-8,11H2,1H3. The largest absolute Gasteiger partial charge is 0.394 e. The van der Waals surface area contributed by atoms with Crippen molar-refractivity contribution < 1.29 is 14.6 Å². The lowest BCUT2D eigenvalue weighted by molar-refractivity contribution is 0.0845. The highest BCUT2D eigenvalue weighted by molar-refractivity contribution is 5.10. The van der Waals surface area contributed by atoms with Crippen LogP contribution in [0.15, 0.2) is 0 Å². The van der Waals surface area contributed by atoms with Gasteiger partial charge in [-0.2, -0.15) is 0 Å². The number of aliphatic hydroxyl groups is 1. The molecular formula is C10H20N4O3. The van der Waals surface area contributed by atoms with Gasteiger partial charge in [-0.15, -0.1) is 5.10 Å². The zero-order chi connectivity index (χ0) is 12.5. The minimum atomic E-state index is 0.0297. The van der Waals surface area contributed by atoms with Gasteiger partial charge in [0, 0.05) is 20.1 Å². The first kappa shape index (κ1) is 14.0. The zero-order valence-corrected chi connectivity index (χ0v) is 10.1. The lowest BCUT2D eigenvalue weighted by Crippen LogP contribution is -2.14. The molecule has 3 N–H and O–H groups in total. The number of aromatic nitrogens is 3. The quantitative estimate of drug-likeness (QED) is 0.537. The second-order valence-electron chi connectivity index (χ2n) is 3.49. The van der Waals surface area contributed by atoms with Crippen LogP contribution in [0.5, 0.6) is 0 Å². The number of ether oxygens (including phenoxy) is 2. The van der Waals surface area contributed by atoms with Crippen LogP contribution >= 0.6 is 0 Å². The van der Waals surface area contributed by atoms with Crippen molar-refractivity contribution in [2.24, 2.45) is 5.73 Å². The van der Waals surface area contributed by atoms with Crippen LogP contribution in [0.4, 0.5) is 0 Å². The van der Waals surface area contributed by atoms with E-state index in [1.807, 2.05) is 0 Å². The summed E-state index contributed by atoms with van der Waals surface area (Å²) >= 11 is 0. The number of nitrogens with two attached hydrogens (primary N) is 1. The molecule has 0 aliphatic carbocycles. The predicted octanol–water partition coefficient (Wildman–Crippen LogP) is -1.07. The summed E-state index contributed by atoms with van der Waals surface area (Å²) in [5, 5.41) is 16.6. The van der Waals surface area contributed by atoms with E-state index in [1.165, 1.54) is 0 Å². The Balaban J connectivity index is 2.53. The van der Waals surface area contributed by atoms with Gasteiger partial charge in [0.25, 0.3) is 0 Å². The first-order valence-electron chi connectivity index (χ1n) is 5.62. The second kappa shape index (κ2) is 8.13. The van der Waals surface area contributed by atoms with Gasteiger partial charge in [0.2, 0.25) is 0 Å². The summed E-state index contributed by atoms with van der Waals surface area (Å²) in [7, 11) is 1.65. The lowest BCUT2D eigenvalue weighted by Gasteiger charge is -2.07. The van der Waals surface area contributed by atoms with Gasteiger partial charge in [-0.05, 0) is 0 Å². The van der Waals surface area contributed by atoms with Gasteiger partial charge in [0.1, 0.15) is 0 Å². The SMILES string of the molecule is COCCc1c(CN)nnn1CCOCCO. The highest BCUT2D eigenvalue weighted by Gasteiger charge is 2.10. The average Bonchev–Trinajstić information content (AvgIpc) is 2.74. The Kier molecular flexibility index (Phi) is 6.71. The van der Waals surface area contributed by atoms with Crippen molar-refractivity contribution in [2.45, 2.75) is 19.5 Å². The summed E-state index contributed by atoms with van der Waals surface area (Å²) in [6.45, 7) is 2.45. The van der Waals surface area contributed by atoms with Crippen LogP contribution in [0.25, 0.3) is 0 Å². The summed E-state index contributed by atoms with van der Waals surface area (Å²) in [4.78, 5) is 0. The van der Waals surface area contributed by atoms with Crippen molar-refractivity contribution in [1.29, 1.82) is 0 Å². The molecule has 0 fully saturated rings. The number of methoxy groups -OCH3 is 1. The number of hydrogen-bond donors (Lipinski definition) is 2. The highest BCUT2D eigenvalue weighted by atomic mass is 16.5. The molecule has 0 saturated heterocycles. The molecule has 0 saturated carbocycles. The van der Waals surface area contributed by atoms with Crippen LogP contribution in [0.1, 0.15) is 11.4 Å². The van der Waals surface area contributed by atoms with Crippen LogP contribution in [0, 0.1) is 0 Å². The van der Waals surface area contributed by atoms with Gasteiger partial charge < -0.3 is 20.3 Å². The fraction of sp³-hybridized carbons (Fsp3) is 0.800. The molecule has 0 amide bonds. The molecule has 1 heterocycles. The smallest absolute Gasteiger partial charge is 0.0995 e. The molecule has 7 nitrogen and oxygen atoms in total. The Morgan fingerprint density at radius 3 is 2.82 bits per heavy atom. The first-order chi connectivity index (χ1) is 8.33. The van der Waals surface area contributed by atoms with E-state index >= 15 is 0 Å². The molecular weight excluding hydrogens is 224 g/mol. The molecule has 17 heavy (non-hydrogen) atoms. The molecule has 0 aliphatic heterocycles. The molecule has 0 aromatic carbocycles. The molecule has 7 heteroatoms. The van der Waals surface area contributed by atoms with Gasteiger partial charge in [0.05, 0.1) is 44.4 Å². The summed E-state index contributed by atoms with van der Waals surface area (Å²) in [6, 6.07) is 0. The number of aliphatic hydroxyl groups excluding tert-OH is 1. The average molecular weight is 244 g/mol. The third kappa shape index (κ3) is 4.39. The zero-order valence-electron chi connectivity index (χ0n) is 10.1. The molecule has 1 aromatic heterocycles. The molecule has 0 bridgehead atoms. The second-order valence-corrected chi connectivity index (χ2v) is 3.49. The van der Waals surface area contributed by atoms with Gasteiger partial charge in [-0.3, -0.25) is 0 Å². The fourth-order valence-electron chi connectivity index (χ4n) is 1.50. The van der Waals surface area contributed by atoms with Crippen LogP contribution in [0.3, 0.4) is 0 Å². The molecule has 98 valence electrons. The Labute approximate surface area is 101 Å². The van der Waals surface area contributed by atoms with Crippen LogP contribution < -0.4 is 5.73 Å². The lowest BCUT2D eigenvalue weighted by atomic mass is 10.2. The van der Waals surface area contributed by atoms with Gasteiger partial charge >= 0.3 is 0 Å². The van der Waals surface area contributed by atoms with E-state index in [9.17, 15) is 0 Å². The summed E-state index contributed by atoms with van der Waals surface area (Å²) in [5.41, 5.74) is 7.37. The normalized spacial score (nSPS) is 11.0. The number of hydrogen-bond acceptors (Lipinski definition) is 6.